The van der Waals surface area contributed by atoms with Crippen LogP contribution in [-0.4, -0.2) is 36.1 Å². The summed E-state index contributed by atoms with van der Waals surface area (Å²) in [5, 5.41) is 21.0. The quantitative estimate of drug-likeness (QED) is 0.635. The maximum atomic E-state index is 9.19. The molecule has 0 fully saturated rings. The van der Waals surface area contributed by atoms with Crippen molar-refractivity contribution in [1.82, 2.24) is 5.32 Å². The summed E-state index contributed by atoms with van der Waals surface area (Å²) in [5.74, 6) is 1.54. The maximum Gasteiger partial charge on any atom is 0.119 e. The van der Waals surface area contributed by atoms with Crippen molar-refractivity contribution in [2.75, 3.05) is 19.8 Å². The first-order valence-corrected chi connectivity index (χ1v) is 6.83. The van der Waals surface area contributed by atoms with Gasteiger partial charge in [-0.3, -0.25) is 0 Å². The molecule has 0 aromatic heterocycles. The monoisotopic (exact) mass is 267 g/mol. The highest BCUT2D eigenvalue weighted by Crippen LogP contribution is 2.13. The summed E-state index contributed by atoms with van der Waals surface area (Å²) in [4.78, 5) is 0. The molecule has 1 rings (SSSR count). The Morgan fingerprint density at radius 3 is 2.47 bits per heavy atom. The third-order valence-electron chi connectivity index (χ3n) is 2.81. The van der Waals surface area contributed by atoms with Crippen molar-refractivity contribution in [3.63, 3.8) is 0 Å². The van der Waals surface area contributed by atoms with Crippen molar-refractivity contribution in [2.45, 2.75) is 32.9 Å². The van der Waals surface area contributed by atoms with Crippen LogP contribution < -0.4 is 10.1 Å². The van der Waals surface area contributed by atoms with Gasteiger partial charge in [0.15, 0.2) is 0 Å². The van der Waals surface area contributed by atoms with E-state index >= 15 is 0 Å². The fourth-order valence-corrected chi connectivity index (χ4v) is 1.56. The zero-order chi connectivity index (χ0) is 14.1. The smallest absolute Gasteiger partial charge is 0.119 e. The molecule has 1 aromatic carbocycles. The Morgan fingerprint density at radius 2 is 1.89 bits per heavy atom. The lowest BCUT2D eigenvalue weighted by molar-refractivity contribution is 0.0942. The van der Waals surface area contributed by atoms with E-state index in [0.29, 0.717) is 19.0 Å². The lowest BCUT2D eigenvalue weighted by atomic mass is 10.1. The first-order chi connectivity index (χ1) is 9.11. The summed E-state index contributed by atoms with van der Waals surface area (Å²) < 4.78 is 5.64. The van der Waals surface area contributed by atoms with Crippen LogP contribution in [0.3, 0.4) is 0 Å². The highest BCUT2D eigenvalue weighted by Gasteiger charge is 2.01. The molecule has 0 saturated heterocycles. The molecule has 4 nitrogen and oxygen atoms in total. The molecule has 108 valence electrons. The molecule has 1 aromatic rings. The number of ether oxygens (including phenoxy) is 1. The standard InChI is InChI=1S/C15H25NO3/c1-12(2)7-8-19-15-5-3-13(4-6-15)9-16-10-14(18)11-17/h3-6,12,14,16-18H,7-11H2,1-2H3. The van der Waals surface area contributed by atoms with Crippen LogP contribution in [0.4, 0.5) is 0 Å². The average molecular weight is 267 g/mol. The summed E-state index contributed by atoms with van der Waals surface area (Å²) in [5.41, 5.74) is 1.13. The van der Waals surface area contributed by atoms with E-state index in [2.05, 4.69) is 19.2 Å². The van der Waals surface area contributed by atoms with Crippen LogP contribution >= 0.6 is 0 Å². The van der Waals surface area contributed by atoms with Crippen LogP contribution in [0.25, 0.3) is 0 Å². The van der Waals surface area contributed by atoms with Gasteiger partial charge in [-0.1, -0.05) is 26.0 Å². The largest absolute Gasteiger partial charge is 0.494 e. The number of aliphatic hydroxyl groups is 2. The molecule has 0 aliphatic carbocycles. The van der Waals surface area contributed by atoms with Gasteiger partial charge < -0.3 is 20.3 Å². The summed E-state index contributed by atoms with van der Waals surface area (Å²) in [6, 6.07) is 7.92. The van der Waals surface area contributed by atoms with E-state index in [4.69, 9.17) is 9.84 Å². The van der Waals surface area contributed by atoms with Gasteiger partial charge >= 0.3 is 0 Å². The number of hydrogen-bond donors (Lipinski definition) is 3. The second-order valence-corrected chi connectivity index (χ2v) is 5.14. The molecule has 1 atom stereocenters. The molecular formula is C15H25NO3. The van der Waals surface area contributed by atoms with E-state index in [1.54, 1.807) is 0 Å². The highest BCUT2D eigenvalue weighted by atomic mass is 16.5. The Hall–Kier alpha value is -1.10. The second-order valence-electron chi connectivity index (χ2n) is 5.14. The van der Waals surface area contributed by atoms with Crippen LogP contribution in [0.1, 0.15) is 25.8 Å². The van der Waals surface area contributed by atoms with E-state index in [1.807, 2.05) is 24.3 Å². The first kappa shape index (κ1) is 16.0. The molecule has 0 aliphatic rings. The second kappa shape index (κ2) is 8.91. The minimum Gasteiger partial charge on any atom is -0.494 e. The topological polar surface area (TPSA) is 61.7 Å². The van der Waals surface area contributed by atoms with Gasteiger partial charge in [-0.15, -0.1) is 0 Å². The van der Waals surface area contributed by atoms with Crippen molar-refractivity contribution in [2.24, 2.45) is 5.92 Å². The Morgan fingerprint density at radius 1 is 1.21 bits per heavy atom. The Labute approximate surface area is 115 Å². The van der Waals surface area contributed by atoms with Gasteiger partial charge in [0.1, 0.15) is 5.75 Å². The molecule has 3 N–H and O–H groups in total. The van der Waals surface area contributed by atoms with Crippen molar-refractivity contribution < 1.29 is 14.9 Å². The van der Waals surface area contributed by atoms with Gasteiger partial charge in [0.05, 0.1) is 19.3 Å². The third-order valence-corrected chi connectivity index (χ3v) is 2.81. The van der Waals surface area contributed by atoms with E-state index in [-0.39, 0.29) is 6.61 Å². The number of benzene rings is 1. The van der Waals surface area contributed by atoms with E-state index in [0.717, 1.165) is 24.3 Å². The molecule has 0 heterocycles. The SMILES string of the molecule is CC(C)CCOc1ccc(CNCC(O)CO)cc1. The maximum absolute atomic E-state index is 9.19. The van der Waals surface area contributed by atoms with Gasteiger partial charge in [0.25, 0.3) is 0 Å². The molecule has 0 bridgehead atoms. The van der Waals surface area contributed by atoms with Crippen LogP contribution in [0.5, 0.6) is 5.75 Å². The number of rotatable bonds is 9. The van der Waals surface area contributed by atoms with E-state index in [9.17, 15) is 5.11 Å². The van der Waals surface area contributed by atoms with Crippen molar-refractivity contribution >= 4 is 0 Å². The minimum atomic E-state index is -0.696. The molecular weight excluding hydrogens is 242 g/mol. The predicted octanol–water partition coefficient (Wildman–Crippen LogP) is 1.55. The van der Waals surface area contributed by atoms with Gasteiger partial charge in [-0.2, -0.15) is 0 Å². The Kier molecular flexibility index (Phi) is 7.48. The summed E-state index contributed by atoms with van der Waals surface area (Å²) in [6.07, 6.45) is 0.362. The zero-order valence-corrected chi connectivity index (χ0v) is 11.8. The number of nitrogens with one attached hydrogen (secondary N) is 1. The van der Waals surface area contributed by atoms with E-state index in [1.165, 1.54) is 0 Å². The molecule has 0 amide bonds. The molecule has 4 heteroatoms. The van der Waals surface area contributed by atoms with Gasteiger partial charge in [0, 0.05) is 13.1 Å². The van der Waals surface area contributed by atoms with Crippen molar-refractivity contribution in [3.8, 4) is 5.75 Å². The van der Waals surface area contributed by atoms with Gasteiger partial charge in [0.2, 0.25) is 0 Å². The average Bonchev–Trinajstić information content (AvgIpc) is 2.40. The van der Waals surface area contributed by atoms with Gasteiger partial charge in [-0.25, -0.2) is 0 Å². The van der Waals surface area contributed by atoms with Crippen LogP contribution in [-0.2, 0) is 6.54 Å². The van der Waals surface area contributed by atoms with Gasteiger partial charge in [-0.05, 0) is 30.0 Å². The Balaban J connectivity index is 2.27. The molecule has 0 saturated carbocycles. The third kappa shape index (κ3) is 7.15. The fourth-order valence-electron chi connectivity index (χ4n) is 1.56. The van der Waals surface area contributed by atoms with E-state index < -0.39 is 6.10 Å². The first-order valence-electron chi connectivity index (χ1n) is 6.83. The lowest BCUT2D eigenvalue weighted by Crippen LogP contribution is -2.28. The Bertz CT molecular complexity index is 338. The molecule has 0 spiro atoms. The zero-order valence-electron chi connectivity index (χ0n) is 11.8. The summed E-state index contributed by atoms with van der Waals surface area (Å²) >= 11 is 0. The number of hydrogen-bond acceptors (Lipinski definition) is 4. The summed E-state index contributed by atoms with van der Waals surface area (Å²) in [7, 11) is 0. The van der Waals surface area contributed by atoms with Crippen LogP contribution in [0.2, 0.25) is 0 Å². The fraction of sp³-hybridized carbons (Fsp3) is 0.600. The lowest BCUT2D eigenvalue weighted by Gasteiger charge is -2.10. The van der Waals surface area contributed by atoms with Crippen molar-refractivity contribution in [3.05, 3.63) is 29.8 Å². The minimum absolute atomic E-state index is 0.213. The highest BCUT2D eigenvalue weighted by molar-refractivity contribution is 5.27. The number of aliphatic hydroxyl groups excluding tert-OH is 2. The molecule has 0 radical (unpaired) electrons. The molecule has 1 unspecified atom stereocenters. The summed E-state index contributed by atoms with van der Waals surface area (Å²) in [6.45, 7) is 5.96. The van der Waals surface area contributed by atoms with Crippen LogP contribution in [0, 0.1) is 5.92 Å². The molecule has 0 aliphatic heterocycles. The normalized spacial score (nSPS) is 12.7. The molecule has 19 heavy (non-hydrogen) atoms. The van der Waals surface area contributed by atoms with Crippen molar-refractivity contribution in [1.29, 1.82) is 0 Å². The predicted molar refractivity (Wildman–Crippen MR) is 76.2 cm³/mol. The van der Waals surface area contributed by atoms with Crippen LogP contribution in [0.15, 0.2) is 24.3 Å².